The molecule has 5 heteroatoms. The van der Waals surface area contributed by atoms with Crippen LogP contribution in [0.25, 0.3) is 6.08 Å². The van der Waals surface area contributed by atoms with Gasteiger partial charge in [0.1, 0.15) is 0 Å². The van der Waals surface area contributed by atoms with Crippen LogP contribution in [-0.4, -0.2) is 8.42 Å². The van der Waals surface area contributed by atoms with Crippen LogP contribution in [0.2, 0.25) is 5.02 Å². The molecule has 0 fully saturated rings. The molecule has 2 aromatic carbocycles. The van der Waals surface area contributed by atoms with Gasteiger partial charge in [-0.2, -0.15) is 0 Å². The van der Waals surface area contributed by atoms with E-state index in [1.807, 2.05) is 30.3 Å². The van der Waals surface area contributed by atoms with Crippen molar-refractivity contribution in [3.05, 3.63) is 70.1 Å². The molecule has 0 amide bonds. The lowest BCUT2D eigenvalue weighted by atomic mass is 10.2. The summed E-state index contributed by atoms with van der Waals surface area (Å²) in [5.74, 6) is 0. The van der Waals surface area contributed by atoms with Gasteiger partial charge in [-0.15, -0.1) is 0 Å². The van der Waals surface area contributed by atoms with E-state index in [0.717, 1.165) is 16.5 Å². The summed E-state index contributed by atoms with van der Waals surface area (Å²) in [6.07, 6.45) is 1.55. The Labute approximate surface area is 124 Å². The summed E-state index contributed by atoms with van der Waals surface area (Å²) in [4.78, 5) is 0. The van der Waals surface area contributed by atoms with Gasteiger partial charge in [-0.25, -0.2) is 8.42 Å². The molecule has 20 heavy (non-hydrogen) atoms. The zero-order valence-corrected chi connectivity index (χ0v) is 12.4. The van der Waals surface area contributed by atoms with E-state index in [1.54, 1.807) is 31.2 Å². The number of sulfonamides is 1. The van der Waals surface area contributed by atoms with Crippen molar-refractivity contribution in [2.75, 3.05) is 4.72 Å². The number of hydrogen-bond acceptors (Lipinski definition) is 2. The van der Waals surface area contributed by atoms with Crippen molar-refractivity contribution in [1.82, 2.24) is 0 Å². The minimum absolute atomic E-state index is 0.520. The molecule has 2 rings (SSSR count). The molecular weight excluding hydrogens is 294 g/mol. The van der Waals surface area contributed by atoms with Crippen LogP contribution in [0.15, 0.2) is 53.9 Å². The molecule has 0 aliphatic carbocycles. The highest BCUT2D eigenvalue weighted by atomic mass is 35.5. The molecule has 0 heterocycles. The molecule has 2 aromatic rings. The third-order valence-corrected chi connectivity index (χ3v) is 3.91. The Morgan fingerprint density at radius 3 is 2.45 bits per heavy atom. The number of hydrogen-bond donors (Lipinski definition) is 1. The van der Waals surface area contributed by atoms with Crippen molar-refractivity contribution in [2.45, 2.75) is 6.92 Å². The van der Waals surface area contributed by atoms with Crippen LogP contribution in [0.4, 0.5) is 5.69 Å². The molecule has 0 unspecified atom stereocenters. The summed E-state index contributed by atoms with van der Waals surface area (Å²) >= 11 is 5.84. The van der Waals surface area contributed by atoms with Crippen molar-refractivity contribution in [1.29, 1.82) is 0 Å². The summed E-state index contributed by atoms with van der Waals surface area (Å²) in [6, 6.07) is 14.2. The van der Waals surface area contributed by atoms with Crippen molar-refractivity contribution in [3.8, 4) is 0 Å². The minimum Gasteiger partial charge on any atom is -0.280 e. The Hall–Kier alpha value is -1.78. The number of nitrogens with one attached hydrogen (secondary N) is 1. The van der Waals surface area contributed by atoms with E-state index >= 15 is 0 Å². The summed E-state index contributed by atoms with van der Waals surface area (Å²) in [5.41, 5.74) is 2.12. The normalized spacial score (nSPS) is 11.7. The van der Waals surface area contributed by atoms with Gasteiger partial charge in [-0.05, 0) is 42.3 Å². The molecule has 0 saturated heterocycles. The van der Waals surface area contributed by atoms with E-state index in [0.29, 0.717) is 10.7 Å². The molecule has 0 radical (unpaired) electrons. The predicted octanol–water partition coefficient (Wildman–Crippen LogP) is 4.06. The zero-order valence-electron chi connectivity index (χ0n) is 10.9. The van der Waals surface area contributed by atoms with Crippen molar-refractivity contribution in [2.24, 2.45) is 0 Å². The molecule has 3 nitrogen and oxygen atoms in total. The smallest absolute Gasteiger partial charge is 0.255 e. The van der Waals surface area contributed by atoms with Crippen LogP contribution in [0, 0.1) is 6.92 Å². The monoisotopic (exact) mass is 307 g/mol. The topological polar surface area (TPSA) is 46.2 Å². The predicted molar refractivity (Wildman–Crippen MR) is 84.2 cm³/mol. The van der Waals surface area contributed by atoms with E-state index in [9.17, 15) is 8.42 Å². The van der Waals surface area contributed by atoms with Crippen molar-refractivity contribution >= 4 is 33.4 Å². The second kappa shape index (κ2) is 6.11. The van der Waals surface area contributed by atoms with E-state index in [4.69, 9.17) is 11.6 Å². The summed E-state index contributed by atoms with van der Waals surface area (Å²) in [7, 11) is -3.54. The van der Waals surface area contributed by atoms with Gasteiger partial charge in [0, 0.05) is 5.02 Å². The first-order valence-corrected chi connectivity index (χ1v) is 7.91. The average Bonchev–Trinajstić information content (AvgIpc) is 2.41. The van der Waals surface area contributed by atoms with Gasteiger partial charge in [0.05, 0.1) is 11.1 Å². The Bertz CT molecular complexity index is 725. The first-order chi connectivity index (χ1) is 9.46. The first-order valence-electron chi connectivity index (χ1n) is 5.98. The Balaban J connectivity index is 2.17. The summed E-state index contributed by atoms with van der Waals surface area (Å²) in [5, 5.41) is 1.72. The molecule has 0 aliphatic heterocycles. The lowest BCUT2D eigenvalue weighted by Crippen LogP contribution is -2.09. The third-order valence-electron chi connectivity index (χ3n) is 2.68. The van der Waals surface area contributed by atoms with Crippen molar-refractivity contribution in [3.63, 3.8) is 0 Å². The lowest BCUT2D eigenvalue weighted by molar-refractivity contribution is 0.609. The summed E-state index contributed by atoms with van der Waals surface area (Å²) < 4.78 is 26.5. The lowest BCUT2D eigenvalue weighted by Gasteiger charge is -2.08. The Kier molecular flexibility index (Phi) is 4.47. The molecule has 1 N–H and O–H groups in total. The zero-order chi connectivity index (χ0) is 14.6. The SMILES string of the molecule is Cc1cc(Cl)ccc1NS(=O)(=O)C=Cc1ccccc1. The maximum atomic E-state index is 12.0. The molecule has 0 aliphatic rings. The second-order valence-electron chi connectivity index (χ2n) is 4.32. The molecule has 104 valence electrons. The van der Waals surface area contributed by atoms with Gasteiger partial charge >= 0.3 is 0 Å². The molecule has 0 spiro atoms. The second-order valence-corrected chi connectivity index (χ2v) is 6.32. The number of rotatable bonds is 4. The molecule has 0 saturated carbocycles. The quantitative estimate of drug-likeness (QED) is 0.926. The van der Waals surface area contributed by atoms with Gasteiger partial charge < -0.3 is 0 Å². The maximum Gasteiger partial charge on any atom is 0.255 e. The molecule has 0 atom stereocenters. The van der Waals surface area contributed by atoms with Crippen LogP contribution < -0.4 is 4.72 Å². The first kappa shape index (κ1) is 14.6. The number of anilines is 1. The highest BCUT2D eigenvalue weighted by Crippen LogP contribution is 2.21. The highest BCUT2D eigenvalue weighted by molar-refractivity contribution is 7.95. The van der Waals surface area contributed by atoms with E-state index < -0.39 is 10.0 Å². The van der Waals surface area contributed by atoms with Crippen LogP contribution in [-0.2, 0) is 10.0 Å². The standard InChI is InChI=1S/C15H14ClNO2S/c1-12-11-14(16)7-8-15(12)17-20(18,19)10-9-13-5-3-2-4-6-13/h2-11,17H,1H3. The van der Waals surface area contributed by atoms with Crippen LogP contribution in [0.3, 0.4) is 0 Å². The third kappa shape index (κ3) is 4.11. The number of halogens is 1. The average molecular weight is 308 g/mol. The van der Waals surface area contributed by atoms with Crippen LogP contribution in [0.5, 0.6) is 0 Å². The molecule has 0 aromatic heterocycles. The van der Waals surface area contributed by atoms with E-state index in [1.165, 1.54) is 0 Å². The highest BCUT2D eigenvalue weighted by Gasteiger charge is 2.07. The fraction of sp³-hybridized carbons (Fsp3) is 0.0667. The van der Waals surface area contributed by atoms with Gasteiger partial charge in [0.2, 0.25) is 0 Å². The maximum absolute atomic E-state index is 12.0. The van der Waals surface area contributed by atoms with Crippen LogP contribution >= 0.6 is 11.6 Å². The Morgan fingerprint density at radius 2 is 1.80 bits per heavy atom. The van der Waals surface area contributed by atoms with Gasteiger partial charge in [0.25, 0.3) is 10.0 Å². The number of aryl methyl sites for hydroxylation is 1. The van der Waals surface area contributed by atoms with Crippen LogP contribution in [0.1, 0.15) is 11.1 Å². The Morgan fingerprint density at radius 1 is 1.10 bits per heavy atom. The van der Waals surface area contributed by atoms with Gasteiger partial charge in [-0.1, -0.05) is 41.9 Å². The number of benzene rings is 2. The van der Waals surface area contributed by atoms with E-state index in [-0.39, 0.29) is 0 Å². The fourth-order valence-corrected chi connectivity index (χ4v) is 2.83. The minimum atomic E-state index is -3.54. The van der Waals surface area contributed by atoms with Gasteiger partial charge in [-0.3, -0.25) is 4.72 Å². The largest absolute Gasteiger partial charge is 0.280 e. The summed E-state index contributed by atoms with van der Waals surface area (Å²) in [6.45, 7) is 1.80. The van der Waals surface area contributed by atoms with Crippen molar-refractivity contribution < 1.29 is 8.42 Å². The molecule has 0 bridgehead atoms. The van der Waals surface area contributed by atoms with Gasteiger partial charge in [0.15, 0.2) is 0 Å². The molecular formula is C15H14ClNO2S. The fourth-order valence-electron chi connectivity index (χ4n) is 1.66. The van der Waals surface area contributed by atoms with E-state index in [2.05, 4.69) is 4.72 Å².